The molecule has 4 fully saturated rings. The second-order valence-corrected chi connectivity index (χ2v) is 7.14. The number of nitrogens with zero attached hydrogens (tertiary/aromatic N) is 2. The van der Waals surface area contributed by atoms with Crippen molar-refractivity contribution in [3.05, 3.63) is 0 Å². The van der Waals surface area contributed by atoms with Crippen LogP contribution in [0.15, 0.2) is 0 Å². The molecule has 18 heavy (non-hydrogen) atoms. The third kappa shape index (κ3) is 1.88. The van der Waals surface area contributed by atoms with Gasteiger partial charge in [-0.1, -0.05) is 6.92 Å². The highest BCUT2D eigenvalue weighted by atomic mass is 15.2. The maximum Gasteiger partial charge on any atom is 0.0638 e. The summed E-state index contributed by atoms with van der Waals surface area (Å²) in [4.78, 5) is 2.70. The van der Waals surface area contributed by atoms with Gasteiger partial charge in [0, 0.05) is 11.6 Å². The van der Waals surface area contributed by atoms with Gasteiger partial charge in [0.1, 0.15) is 0 Å². The summed E-state index contributed by atoms with van der Waals surface area (Å²) < 4.78 is 0. The first-order chi connectivity index (χ1) is 8.66. The van der Waals surface area contributed by atoms with Crippen LogP contribution in [0, 0.1) is 29.1 Å². The van der Waals surface area contributed by atoms with Crippen molar-refractivity contribution in [3.8, 4) is 6.07 Å². The summed E-state index contributed by atoms with van der Waals surface area (Å²) in [6.45, 7) is 5.66. The highest BCUT2D eigenvalue weighted by Crippen LogP contribution is 2.58. The highest BCUT2D eigenvalue weighted by Gasteiger charge is 2.53. The Morgan fingerprint density at radius 1 is 1.17 bits per heavy atom. The maximum absolute atomic E-state index is 8.99. The molecule has 4 aliphatic carbocycles. The molecular formula is C16H26N2. The summed E-state index contributed by atoms with van der Waals surface area (Å²) >= 11 is 0. The first-order valence-corrected chi connectivity index (χ1v) is 7.80. The van der Waals surface area contributed by atoms with Crippen LogP contribution in [0.25, 0.3) is 0 Å². The molecule has 0 saturated heterocycles. The van der Waals surface area contributed by atoms with E-state index in [1.165, 1.54) is 38.5 Å². The van der Waals surface area contributed by atoms with Crippen LogP contribution in [-0.4, -0.2) is 23.0 Å². The maximum atomic E-state index is 8.99. The van der Waals surface area contributed by atoms with Crippen LogP contribution in [0.2, 0.25) is 0 Å². The van der Waals surface area contributed by atoms with E-state index in [9.17, 15) is 0 Å². The van der Waals surface area contributed by atoms with E-state index in [0.29, 0.717) is 18.0 Å². The summed E-state index contributed by atoms with van der Waals surface area (Å²) in [6.07, 6.45) is 9.46. The molecule has 4 aliphatic rings. The van der Waals surface area contributed by atoms with Crippen LogP contribution in [0.3, 0.4) is 0 Å². The Kier molecular flexibility index (Phi) is 3.14. The molecule has 0 radical (unpaired) electrons. The van der Waals surface area contributed by atoms with Gasteiger partial charge in [-0.3, -0.25) is 4.90 Å². The van der Waals surface area contributed by atoms with Crippen LogP contribution in [0.4, 0.5) is 0 Å². The second kappa shape index (κ2) is 4.53. The Morgan fingerprint density at radius 2 is 1.67 bits per heavy atom. The van der Waals surface area contributed by atoms with Crippen LogP contribution in [-0.2, 0) is 0 Å². The van der Waals surface area contributed by atoms with Crippen molar-refractivity contribution in [3.63, 3.8) is 0 Å². The van der Waals surface area contributed by atoms with E-state index >= 15 is 0 Å². The first kappa shape index (κ1) is 12.5. The molecule has 0 aliphatic heterocycles. The van der Waals surface area contributed by atoms with Gasteiger partial charge in [0.2, 0.25) is 0 Å². The molecule has 2 nitrogen and oxygen atoms in total. The van der Waals surface area contributed by atoms with Crippen molar-refractivity contribution in [2.75, 3.05) is 6.54 Å². The van der Waals surface area contributed by atoms with E-state index in [0.717, 1.165) is 24.3 Å². The molecule has 4 rings (SSSR count). The Bertz CT molecular complexity index is 319. The molecular weight excluding hydrogens is 220 g/mol. The summed E-state index contributed by atoms with van der Waals surface area (Å²) in [5.41, 5.74) is 0.472. The number of rotatable bonds is 4. The summed E-state index contributed by atoms with van der Waals surface area (Å²) in [7, 11) is 0. The zero-order valence-electron chi connectivity index (χ0n) is 11.9. The molecule has 4 bridgehead atoms. The predicted octanol–water partition coefficient (Wildman–Crippen LogP) is 3.58. The zero-order chi connectivity index (χ0) is 12.8. The molecule has 0 N–H and O–H groups in total. The molecule has 0 spiro atoms. The number of hydrogen-bond acceptors (Lipinski definition) is 2. The Labute approximate surface area is 111 Å². The van der Waals surface area contributed by atoms with Crippen molar-refractivity contribution in [1.29, 1.82) is 5.26 Å². The number of nitriles is 1. The van der Waals surface area contributed by atoms with Crippen molar-refractivity contribution in [1.82, 2.24) is 4.90 Å². The van der Waals surface area contributed by atoms with Crippen LogP contribution in [0.5, 0.6) is 0 Å². The van der Waals surface area contributed by atoms with Gasteiger partial charge in [-0.05, 0) is 69.7 Å². The predicted molar refractivity (Wildman–Crippen MR) is 73.0 cm³/mol. The van der Waals surface area contributed by atoms with Gasteiger partial charge in [-0.15, -0.1) is 0 Å². The molecule has 0 aromatic carbocycles. The average molecular weight is 246 g/mol. The molecule has 0 aromatic rings. The fraction of sp³-hybridized carbons (Fsp3) is 0.938. The van der Waals surface area contributed by atoms with Gasteiger partial charge < -0.3 is 0 Å². The second-order valence-electron chi connectivity index (χ2n) is 7.14. The molecule has 1 atom stereocenters. The van der Waals surface area contributed by atoms with Crippen molar-refractivity contribution < 1.29 is 0 Å². The van der Waals surface area contributed by atoms with Crippen molar-refractivity contribution >= 4 is 0 Å². The normalized spacial score (nSPS) is 43.1. The minimum absolute atomic E-state index is 0.441. The first-order valence-electron chi connectivity index (χ1n) is 7.80. The van der Waals surface area contributed by atoms with Gasteiger partial charge in [0.05, 0.1) is 12.5 Å². The van der Waals surface area contributed by atoms with E-state index in [1.807, 2.05) is 0 Å². The summed E-state index contributed by atoms with van der Waals surface area (Å²) in [5, 5.41) is 8.99. The van der Waals surface area contributed by atoms with Crippen molar-refractivity contribution in [2.45, 2.75) is 70.4 Å². The molecule has 4 saturated carbocycles. The van der Waals surface area contributed by atoms with E-state index in [-0.39, 0.29) is 0 Å². The fourth-order valence-corrected chi connectivity index (χ4v) is 5.77. The van der Waals surface area contributed by atoms with Crippen LogP contribution < -0.4 is 0 Å². The van der Waals surface area contributed by atoms with Gasteiger partial charge in [0.15, 0.2) is 0 Å². The Balaban J connectivity index is 1.83. The standard InChI is InChI=1S/C16H26N2/c1-3-18(12(2)4-5-17)16-9-13-6-14(10-16)8-15(7-13)11-16/h12-15H,3-4,6-11H2,1-2H3. The molecule has 0 amide bonds. The molecule has 0 aromatic heterocycles. The Morgan fingerprint density at radius 3 is 2.06 bits per heavy atom. The molecule has 100 valence electrons. The minimum Gasteiger partial charge on any atom is -0.294 e. The topological polar surface area (TPSA) is 27.0 Å². The van der Waals surface area contributed by atoms with Gasteiger partial charge in [-0.2, -0.15) is 5.26 Å². The summed E-state index contributed by atoms with van der Waals surface area (Å²) in [5.74, 6) is 3.00. The SMILES string of the molecule is CCN(C(C)CC#N)C12CC3CC(CC(C3)C1)C2. The lowest BCUT2D eigenvalue weighted by atomic mass is 9.52. The van der Waals surface area contributed by atoms with Gasteiger partial charge >= 0.3 is 0 Å². The molecule has 0 heterocycles. The Hall–Kier alpha value is -0.550. The largest absolute Gasteiger partial charge is 0.294 e. The molecule has 1 unspecified atom stereocenters. The zero-order valence-corrected chi connectivity index (χ0v) is 11.9. The van der Waals surface area contributed by atoms with E-state index in [4.69, 9.17) is 5.26 Å². The van der Waals surface area contributed by atoms with E-state index < -0.39 is 0 Å². The number of hydrogen-bond donors (Lipinski definition) is 0. The van der Waals surface area contributed by atoms with E-state index in [1.54, 1.807) is 0 Å². The van der Waals surface area contributed by atoms with Gasteiger partial charge in [0.25, 0.3) is 0 Å². The highest BCUT2D eigenvalue weighted by molar-refractivity contribution is 5.08. The van der Waals surface area contributed by atoms with Gasteiger partial charge in [-0.25, -0.2) is 0 Å². The third-order valence-electron chi connectivity index (χ3n) is 5.87. The average Bonchev–Trinajstić information content (AvgIpc) is 2.27. The minimum atomic E-state index is 0.441. The van der Waals surface area contributed by atoms with Crippen LogP contribution in [0.1, 0.15) is 58.8 Å². The monoisotopic (exact) mass is 246 g/mol. The quantitative estimate of drug-likeness (QED) is 0.758. The van der Waals surface area contributed by atoms with Crippen molar-refractivity contribution in [2.24, 2.45) is 17.8 Å². The summed E-state index contributed by atoms with van der Waals surface area (Å²) in [6, 6.07) is 2.81. The van der Waals surface area contributed by atoms with Crippen LogP contribution >= 0.6 is 0 Å². The molecule has 2 heteroatoms. The third-order valence-corrected chi connectivity index (χ3v) is 5.87. The fourth-order valence-electron chi connectivity index (χ4n) is 5.77. The lowest BCUT2D eigenvalue weighted by molar-refractivity contribution is -0.0996. The van der Waals surface area contributed by atoms with E-state index in [2.05, 4.69) is 24.8 Å². The lowest BCUT2D eigenvalue weighted by Crippen LogP contribution is -2.62. The smallest absolute Gasteiger partial charge is 0.0638 e. The lowest BCUT2D eigenvalue weighted by Gasteiger charge is -2.61.